The van der Waals surface area contributed by atoms with Gasteiger partial charge in [-0.15, -0.1) is 0 Å². The molecule has 1 N–H and O–H groups in total. The van der Waals surface area contributed by atoms with Gasteiger partial charge in [0.2, 0.25) is 5.91 Å². The number of amides is 1. The summed E-state index contributed by atoms with van der Waals surface area (Å²) in [5.41, 5.74) is 1.60. The zero-order valence-corrected chi connectivity index (χ0v) is 15.7. The number of ether oxygens (including phenoxy) is 1. The highest BCUT2D eigenvalue weighted by Gasteiger charge is 2.19. The molecule has 1 atom stereocenters. The molecule has 7 heteroatoms. The smallest absolute Gasteiger partial charge is 0.304 e. The van der Waals surface area contributed by atoms with Crippen LogP contribution in [0.3, 0.4) is 0 Å². The van der Waals surface area contributed by atoms with Gasteiger partial charge in [-0.05, 0) is 35.4 Å². The largest absolute Gasteiger partial charge is 0.445 e. The molecule has 1 amide bonds. The molecule has 0 aliphatic rings. The van der Waals surface area contributed by atoms with Crippen molar-refractivity contribution in [3.05, 3.63) is 68.9 Å². The summed E-state index contributed by atoms with van der Waals surface area (Å²) in [7, 11) is 0. The van der Waals surface area contributed by atoms with Gasteiger partial charge in [0.15, 0.2) is 6.73 Å². The number of carbonyl (C=O) groups excluding carboxylic acids is 2. The molecule has 0 saturated heterocycles. The molecule has 0 aliphatic carbocycles. The number of esters is 1. The molecule has 2 aromatic carbocycles. The standard InChI is InChI=1S/C18H16BrClFNO3/c1-11(23)25-10-22-18(24)9-15(12-2-5-14(19)6-3-12)13-4-7-17(21)16(20)8-13/h2-8,15H,9-10H2,1H3,(H,22,24)/t15-/m0/s1. The molecule has 0 fully saturated rings. The lowest BCUT2D eigenvalue weighted by Gasteiger charge is -2.18. The maximum Gasteiger partial charge on any atom is 0.304 e. The van der Waals surface area contributed by atoms with Gasteiger partial charge in [0.25, 0.3) is 0 Å². The highest BCUT2D eigenvalue weighted by Crippen LogP contribution is 2.31. The van der Waals surface area contributed by atoms with Crippen LogP contribution in [0.4, 0.5) is 4.39 Å². The Bertz CT molecular complexity index is 767. The monoisotopic (exact) mass is 427 g/mol. The van der Waals surface area contributed by atoms with E-state index >= 15 is 0 Å². The van der Waals surface area contributed by atoms with Crippen LogP contribution in [0.1, 0.15) is 30.4 Å². The molecule has 0 heterocycles. The first-order valence-corrected chi connectivity index (χ1v) is 8.64. The Kier molecular flexibility index (Phi) is 6.96. The molecular weight excluding hydrogens is 413 g/mol. The van der Waals surface area contributed by atoms with E-state index in [2.05, 4.69) is 21.2 Å². The van der Waals surface area contributed by atoms with E-state index < -0.39 is 11.8 Å². The molecule has 2 aromatic rings. The summed E-state index contributed by atoms with van der Waals surface area (Å²) in [5.74, 6) is -1.60. The zero-order chi connectivity index (χ0) is 18.4. The first kappa shape index (κ1) is 19.4. The lowest BCUT2D eigenvalue weighted by Crippen LogP contribution is -2.28. The van der Waals surface area contributed by atoms with Gasteiger partial charge < -0.3 is 10.1 Å². The maximum atomic E-state index is 13.5. The fraction of sp³-hybridized carbons (Fsp3) is 0.222. The Labute approximate surface area is 158 Å². The SMILES string of the molecule is CC(=O)OCNC(=O)C[C@@H](c1ccc(Br)cc1)c1ccc(F)c(Cl)c1. The van der Waals surface area contributed by atoms with Crippen molar-refractivity contribution in [2.45, 2.75) is 19.3 Å². The van der Waals surface area contributed by atoms with Crippen LogP contribution in [0.2, 0.25) is 5.02 Å². The minimum absolute atomic E-state index is 0.0000622. The summed E-state index contributed by atoms with van der Waals surface area (Å²) in [5, 5.41) is 2.52. The second-order valence-corrected chi connectivity index (χ2v) is 6.68. The Morgan fingerprint density at radius 1 is 1.20 bits per heavy atom. The third-order valence-corrected chi connectivity index (χ3v) is 4.37. The van der Waals surface area contributed by atoms with Crippen molar-refractivity contribution in [2.24, 2.45) is 0 Å². The summed E-state index contributed by atoms with van der Waals surface area (Å²) >= 11 is 9.26. The average Bonchev–Trinajstić information content (AvgIpc) is 2.56. The summed E-state index contributed by atoms with van der Waals surface area (Å²) in [6.45, 7) is 1.07. The van der Waals surface area contributed by atoms with Gasteiger partial charge in [-0.25, -0.2) is 4.39 Å². The molecule has 0 bridgehead atoms. The highest BCUT2D eigenvalue weighted by atomic mass is 79.9. The van der Waals surface area contributed by atoms with Crippen molar-refractivity contribution in [2.75, 3.05) is 6.73 Å². The molecule has 0 aromatic heterocycles. The van der Waals surface area contributed by atoms with E-state index in [9.17, 15) is 14.0 Å². The number of hydrogen-bond acceptors (Lipinski definition) is 3. The van der Waals surface area contributed by atoms with Crippen molar-refractivity contribution < 1.29 is 18.7 Å². The molecule has 0 aliphatic heterocycles. The number of benzene rings is 2. The van der Waals surface area contributed by atoms with Gasteiger partial charge in [0.05, 0.1) is 5.02 Å². The first-order valence-electron chi connectivity index (χ1n) is 7.47. The van der Waals surface area contributed by atoms with E-state index in [1.165, 1.54) is 19.1 Å². The van der Waals surface area contributed by atoms with E-state index in [4.69, 9.17) is 16.3 Å². The molecular formula is C18H16BrClFNO3. The van der Waals surface area contributed by atoms with E-state index in [-0.39, 0.29) is 30.0 Å². The third kappa shape index (κ3) is 5.83. The second-order valence-electron chi connectivity index (χ2n) is 5.36. The van der Waals surface area contributed by atoms with E-state index in [1.807, 2.05) is 24.3 Å². The number of rotatable bonds is 6. The van der Waals surface area contributed by atoms with Gasteiger partial charge in [-0.2, -0.15) is 0 Å². The van der Waals surface area contributed by atoms with Crippen LogP contribution in [0.5, 0.6) is 0 Å². The van der Waals surface area contributed by atoms with Gasteiger partial charge in [0, 0.05) is 23.7 Å². The van der Waals surface area contributed by atoms with Crippen LogP contribution in [-0.4, -0.2) is 18.6 Å². The van der Waals surface area contributed by atoms with Crippen LogP contribution in [0, 0.1) is 5.82 Å². The quantitative estimate of drug-likeness (QED) is 0.548. The van der Waals surface area contributed by atoms with Crippen LogP contribution >= 0.6 is 27.5 Å². The summed E-state index contributed by atoms with van der Waals surface area (Å²) in [6, 6.07) is 11.9. The lowest BCUT2D eigenvalue weighted by molar-refractivity contribution is -0.142. The Hall–Kier alpha value is -1.92. The van der Waals surface area contributed by atoms with Gasteiger partial charge in [-0.1, -0.05) is 45.7 Å². The molecule has 0 saturated carbocycles. The topological polar surface area (TPSA) is 55.4 Å². The number of carbonyl (C=O) groups is 2. The van der Waals surface area contributed by atoms with E-state index in [0.717, 1.165) is 15.6 Å². The van der Waals surface area contributed by atoms with Crippen LogP contribution in [0.15, 0.2) is 46.9 Å². The second kappa shape index (κ2) is 8.97. The molecule has 0 radical (unpaired) electrons. The van der Waals surface area contributed by atoms with Gasteiger partial charge in [-0.3, -0.25) is 9.59 Å². The number of nitrogens with one attached hydrogen (secondary N) is 1. The lowest BCUT2D eigenvalue weighted by atomic mass is 9.88. The number of halogens is 3. The molecule has 4 nitrogen and oxygen atoms in total. The van der Waals surface area contributed by atoms with Crippen molar-refractivity contribution in [1.29, 1.82) is 0 Å². The normalized spacial score (nSPS) is 11.7. The predicted octanol–water partition coefficient (Wildman–Crippen LogP) is 4.40. The van der Waals surface area contributed by atoms with Crippen LogP contribution in [0.25, 0.3) is 0 Å². The summed E-state index contributed by atoms with van der Waals surface area (Å²) < 4.78 is 19.1. The molecule has 2 rings (SSSR count). The van der Waals surface area contributed by atoms with Crippen LogP contribution < -0.4 is 5.32 Å². The molecule has 25 heavy (non-hydrogen) atoms. The summed E-state index contributed by atoms with van der Waals surface area (Å²) in [6.07, 6.45) is 0.102. The molecule has 0 spiro atoms. The fourth-order valence-corrected chi connectivity index (χ4v) is 2.78. The minimum Gasteiger partial charge on any atom is -0.445 e. The number of hydrogen-bond donors (Lipinski definition) is 1. The zero-order valence-electron chi connectivity index (χ0n) is 13.4. The van der Waals surface area contributed by atoms with Gasteiger partial charge >= 0.3 is 5.97 Å². The van der Waals surface area contributed by atoms with Gasteiger partial charge in [0.1, 0.15) is 5.82 Å². The maximum absolute atomic E-state index is 13.5. The predicted molar refractivity (Wildman–Crippen MR) is 96.8 cm³/mol. The Morgan fingerprint density at radius 2 is 1.84 bits per heavy atom. The Balaban J connectivity index is 2.22. The third-order valence-electron chi connectivity index (χ3n) is 3.55. The van der Waals surface area contributed by atoms with E-state index in [0.29, 0.717) is 0 Å². The Morgan fingerprint density at radius 3 is 2.44 bits per heavy atom. The van der Waals surface area contributed by atoms with Crippen molar-refractivity contribution in [3.63, 3.8) is 0 Å². The fourth-order valence-electron chi connectivity index (χ4n) is 2.33. The molecule has 0 unspecified atom stereocenters. The van der Waals surface area contributed by atoms with Crippen molar-refractivity contribution in [1.82, 2.24) is 5.32 Å². The average molecular weight is 429 g/mol. The molecule has 132 valence electrons. The van der Waals surface area contributed by atoms with Crippen LogP contribution in [-0.2, 0) is 14.3 Å². The first-order chi connectivity index (χ1) is 11.9. The van der Waals surface area contributed by atoms with E-state index in [1.54, 1.807) is 6.07 Å². The summed E-state index contributed by atoms with van der Waals surface area (Å²) in [4.78, 5) is 22.9. The minimum atomic E-state index is -0.515. The van der Waals surface area contributed by atoms with Crippen molar-refractivity contribution >= 4 is 39.4 Å². The highest BCUT2D eigenvalue weighted by molar-refractivity contribution is 9.10. The van der Waals surface area contributed by atoms with Crippen molar-refractivity contribution in [3.8, 4) is 0 Å².